The molecule has 2 N–H and O–H groups in total. The topological polar surface area (TPSA) is 68.2 Å². The Labute approximate surface area is 174 Å². The number of hydrogen-bond donors (Lipinski definition) is 2. The van der Waals surface area contributed by atoms with Crippen molar-refractivity contribution in [1.82, 2.24) is 15.0 Å². The van der Waals surface area contributed by atoms with Crippen LogP contribution in [0.15, 0.2) is 35.1 Å². The van der Waals surface area contributed by atoms with Gasteiger partial charge in [0, 0.05) is 11.5 Å². The molecule has 0 atom stereocenters. The van der Waals surface area contributed by atoms with Gasteiger partial charge in [-0.1, -0.05) is 27.5 Å². The van der Waals surface area contributed by atoms with Gasteiger partial charge in [-0.3, -0.25) is 9.63 Å². The Kier molecular flexibility index (Phi) is 5.27. The zero-order valence-corrected chi connectivity index (χ0v) is 17.3. The van der Waals surface area contributed by atoms with Crippen molar-refractivity contribution in [2.75, 3.05) is 11.9 Å². The summed E-state index contributed by atoms with van der Waals surface area (Å²) in [6, 6.07) is 6.72. The van der Waals surface area contributed by atoms with Crippen LogP contribution in [0.4, 0.5) is 15.8 Å². The van der Waals surface area contributed by atoms with Gasteiger partial charge in [0.2, 0.25) is 0 Å². The van der Waals surface area contributed by atoms with Gasteiger partial charge in [0.05, 0.1) is 40.4 Å². The van der Waals surface area contributed by atoms with E-state index >= 15 is 4.39 Å². The number of rotatable bonds is 6. The summed E-state index contributed by atoms with van der Waals surface area (Å²) in [5.74, 6) is -0.696. The second kappa shape index (κ2) is 7.69. The van der Waals surface area contributed by atoms with Crippen LogP contribution in [0.3, 0.4) is 0 Å². The predicted molar refractivity (Wildman–Crippen MR) is 109 cm³/mol. The van der Waals surface area contributed by atoms with Crippen LogP contribution in [-0.2, 0) is 11.9 Å². The van der Waals surface area contributed by atoms with Gasteiger partial charge < -0.3 is 9.88 Å². The van der Waals surface area contributed by atoms with Crippen molar-refractivity contribution < 1.29 is 14.0 Å². The number of hydrogen-bond acceptors (Lipinski definition) is 4. The predicted octanol–water partition coefficient (Wildman–Crippen LogP) is 4.94. The monoisotopic (exact) mass is 466 g/mol. The molecule has 0 bridgehead atoms. The molecule has 1 aliphatic rings. The highest BCUT2D eigenvalue weighted by Gasteiger charge is 2.24. The molecule has 1 aromatic heterocycles. The number of nitrogens with zero attached hydrogens (tertiary/aromatic N) is 2. The lowest BCUT2D eigenvalue weighted by molar-refractivity contribution is 0.0271. The summed E-state index contributed by atoms with van der Waals surface area (Å²) in [6.45, 7) is 0.448. The SMILES string of the molecule is Cn1cnc2c(F)c(Nc3ccc(Br)cc3Cl)c(C(=O)NOCC3CC3)cc21. The number of amides is 1. The summed E-state index contributed by atoms with van der Waals surface area (Å²) >= 11 is 9.59. The lowest BCUT2D eigenvalue weighted by Crippen LogP contribution is -2.26. The van der Waals surface area contributed by atoms with Crippen molar-refractivity contribution >= 4 is 55.8 Å². The van der Waals surface area contributed by atoms with Crippen LogP contribution >= 0.6 is 27.5 Å². The largest absolute Gasteiger partial charge is 0.351 e. The first kappa shape index (κ1) is 19.2. The Bertz CT molecular complexity index is 1070. The highest BCUT2D eigenvalue weighted by atomic mass is 79.9. The molecule has 28 heavy (non-hydrogen) atoms. The molecular formula is C19H17BrClFN4O2. The van der Waals surface area contributed by atoms with Gasteiger partial charge in [0.15, 0.2) is 5.82 Å². The number of aromatic nitrogens is 2. The van der Waals surface area contributed by atoms with Gasteiger partial charge in [-0.2, -0.15) is 0 Å². The minimum Gasteiger partial charge on any atom is -0.351 e. The minimum atomic E-state index is -0.635. The van der Waals surface area contributed by atoms with E-state index in [1.54, 1.807) is 35.9 Å². The number of nitrogens with one attached hydrogen (secondary N) is 2. The Morgan fingerprint density at radius 3 is 2.93 bits per heavy atom. The number of imidazole rings is 1. The van der Waals surface area contributed by atoms with E-state index in [1.807, 2.05) is 0 Å². The molecule has 1 amide bonds. The molecule has 3 aromatic rings. The van der Waals surface area contributed by atoms with E-state index in [1.165, 1.54) is 6.33 Å². The Hall–Kier alpha value is -2.16. The van der Waals surface area contributed by atoms with Crippen molar-refractivity contribution in [2.45, 2.75) is 12.8 Å². The summed E-state index contributed by atoms with van der Waals surface area (Å²) in [6.07, 6.45) is 3.69. The van der Waals surface area contributed by atoms with E-state index in [0.29, 0.717) is 28.8 Å². The average molecular weight is 468 g/mol. The molecule has 6 nitrogen and oxygen atoms in total. The molecule has 9 heteroatoms. The molecule has 1 heterocycles. The third kappa shape index (κ3) is 3.85. The van der Waals surface area contributed by atoms with Crippen molar-refractivity contribution in [3.8, 4) is 0 Å². The van der Waals surface area contributed by atoms with Crippen LogP contribution < -0.4 is 10.8 Å². The molecule has 1 fully saturated rings. The number of hydroxylamine groups is 1. The van der Waals surface area contributed by atoms with Crippen LogP contribution in [0.2, 0.25) is 5.02 Å². The molecule has 0 aliphatic heterocycles. The standard InChI is InChI=1S/C19H17BrClFN4O2/c1-26-9-23-18-15(26)7-12(19(27)25-28-8-10-2-3-10)17(16(18)22)24-14-5-4-11(20)6-13(14)21/h4-7,9-10,24H,2-3,8H2,1H3,(H,25,27). The fraction of sp³-hybridized carbons (Fsp3) is 0.263. The fourth-order valence-corrected chi connectivity index (χ4v) is 3.54. The molecule has 0 spiro atoms. The highest BCUT2D eigenvalue weighted by molar-refractivity contribution is 9.10. The van der Waals surface area contributed by atoms with E-state index in [4.69, 9.17) is 16.4 Å². The quantitative estimate of drug-likeness (QED) is 0.504. The number of aryl methyl sites for hydroxylation is 1. The van der Waals surface area contributed by atoms with Gasteiger partial charge in [-0.05, 0) is 43.0 Å². The molecule has 2 aromatic carbocycles. The molecule has 1 saturated carbocycles. The molecule has 4 rings (SSSR count). The van der Waals surface area contributed by atoms with E-state index in [-0.39, 0.29) is 16.8 Å². The second-order valence-electron chi connectivity index (χ2n) is 6.77. The zero-order valence-electron chi connectivity index (χ0n) is 14.9. The van der Waals surface area contributed by atoms with Gasteiger partial charge in [0.25, 0.3) is 5.91 Å². The van der Waals surface area contributed by atoms with Crippen LogP contribution in [-0.4, -0.2) is 22.1 Å². The molecule has 1 aliphatic carbocycles. The van der Waals surface area contributed by atoms with Gasteiger partial charge in [-0.25, -0.2) is 14.9 Å². The molecule has 146 valence electrons. The first-order valence-corrected chi connectivity index (χ1v) is 9.89. The lowest BCUT2D eigenvalue weighted by Gasteiger charge is -2.15. The van der Waals surface area contributed by atoms with E-state index in [0.717, 1.165) is 17.3 Å². The van der Waals surface area contributed by atoms with Crippen molar-refractivity contribution in [2.24, 2.45) is 13.0 Å². The van der Waals surface area contributed by atoms with E-state index in [2.05, 4.69) is 31.7 Å². The van der Waals surface area contributed by atoms with Crippen molar-refractivity contribution in [3.63, 3.8) is 0 Å². The van der Waals surface area contributed by atoms with Gasteiger partial charge >= 0.3 is 0 Å². The molecule has 0 radical (unpaired) electrons. The average Bonchev–Trinajstić information content (AvgIpc) is 3.40. The third-order valence-electron chi connectivity index (χ3n) is 4.58. The Morgan fingerprint density at radius 2 is 2.21 bits per heavy atom. The lowest BCUT2D eigenvalue weighted by atomic mass is 10.1. The fourth-order valence-electron chi connectivity index (χ4n) is 2.82. The number of anilines is 2. The molecular weight excluding hydrogens is 451 g/mol. The smallest absolute Gasteiger partial charge is 0.277 e. The maximum absolute atomic E-state index is 15.2. The van der Waals surface area contributed by atoms with Crippen molar-refractivity contribution in [1.29, 1.82) is 0 Å². The number of carbonyl (C=O) groups excluding carboxylic acids is 1. The minimum absolute atomic E-state index is 0.0112. The number of halogens is 3. The first-order chi connectivity index (χ1) is 13.4. The summed E-state index contributed by atoms with van der Waals surface area (Å²) < 4.78 is 17.7. The van der Waals surface area contributed by atoms with Gasteiger partial charge in [0.1, 0.15) is 5.52 Å². The summed E-state index contributed by atoms with van der Waals surface area (Å²) in [7, 11) is 1.73. The number of benzene rings is 2. The Morgan fingerprint density at radius 1 is 1.43 bits per heavy atom. The number of carbonyl (C=O) groups is 1. The molecule has 0 unspecified atom stereocenters. The Balaban J connectivity index is 1.73. The number of fused-ring (bicyclic) bond motifs is 1. The maximum atomic E-state index is 15.2. The maximum Gasteiger partial charge on any atom is 0.277 e. The first-order valence-electron chi connectivity index (χ1n) is 8.71. The van der Waals surface area contributed by atoms with Crippen LogP contribution in [0.1, 0.15) is 23.2 Å². The zero-order chi connectivity index (χ0) is 19.8. The van der Waals surface area contributed by atoms with E-state index in [9.17, 15) is 4.79 Å². The van der Waals surface area contributed by atoms with E-state index < -0.39 is 11.7 Å². The normalized spacial score (nSPS) is 13.7. The summed E-state index contributed by atoms with van der Waals surface area (Å²) in [5.41, 5.74) is 3.62. The third-order valence-corrected chi connectivity index (χ3v) is 5.38. The molecule has 0 saturated heterocycles. The van der Waals surface area contributed by atoms with Crippen LogP contribution in [0.5, 0.6) is 0 Å². The second-order valence-corrected chi connectivity index (χ2v) is 8.09. The summed E-state index contributed by atoms with van der Waals surface area (Å²) in [5, 5.41) is 3.32. The van der Waals surface area contributed by atoms with Crippen molar-refractivity contribution in [3.05, 3.63) is 51.5 Å². The highest BCUT2D eigenvalue weighted by Crippen LogP contribution is 2.34. The summed E-state index contributed by atoms with van der Waals surface area (Å²) in [4.78, 5) is 22.1. The van der Waals surface area contributed by atoms with Crippen LogP contribution in [0, 0.1) is 11.7 Å². The van der Waals surface area contributed by atoms with Gasteiger partial charge in [-0.15, -0.1) is 0 Å². The van der Waals surface area contributed by atoms with Crippen LogP contribution in [0.25, 0.3) is 11.0 Å².